The van der Waals surface area contributed by atoms with Crippen LogP contribution in [0, 0.1) is 6.92 Å². The minimum Gasteiger partial charge on any atom is -0.495 e. The number of aryl methyl sites for hydroxylation is 1. The number of nitrogens with two attached hydrogens (primary N) is 1. The van der Waals surface area contributed by atoms with Crippen molar-refractivity contribution in [2.24, 2.45) is 0 Å². The Morgan fingerprint density at radius 2 is 2.25 bits per heavy atom. The molecule has 0 amide bonds. The van der Waals surface area contributed by atoms with Gasteiger partial charge in [-0.3, -0.25) is 0 Å². The molecule has 1 heterocycles. The van der Waals surface area contributed by atoms with Gasteiger partial charge in [-0.1, -0.05) is 6.07 Å². The molecule has 0 unspecified atom stereocenters. The van der Waals surface area contributed by atoms with E-state index in [2.05, 4.69) is 10.4 Å². The maximum absolute atomic E-state index is 5.85. The number of ether oxygens (including phenoxy) is 1. The first-order chi connectivity index (χ1) is 7.69. The zero-order valence-electron chi connectivity index (χ0n) is 9.36. The quantitative estimate of drug-likeness (QED) is 0.830. The van der Waals surface area contributed by atoms with Crippen LogP contribution >= 0.6 is 11.3 Å². The van der Waals surface area contributed by atoms with E-state index < -0.39 is 0 Å². The van der Waals surface area contributed by atoms with Crippen LogP contribution in [0.25, 0.3) is 0 Å². The molecule has 0 aliphatic heterocycles. The van der Waals surface area contributed by atoms with Crippen molar-refractivity contribution in [3.8, 4) is 5.75 Å². The van der Waals surface area contributed by atoms with Gasteiger partial charge in [0.15, 0.2) is 0 Å². The molecule has 0 aliphatic carbocycles. The summed E-state index contributed by atoms with van der Waals surface area (Å²) in [6, 6.07) is 5.85. The smallest absolute Gasteiger partial charge is 0.141 e. The van der Waals surface area contributed by atoms with E-state index in [1.54, 1.807) is 18.4 Å². The standard InChI is InChI=1S/C12H14N2OS/c1-8-7-16-12(14-8)6-9-3-4-11(15-2)10(13)5-9/h3-5,7H,6,13H2,1-2H3. The van der Waals surface area contributed by atoms with E-state index in [0.717, 1.165) is 28.4 Å². The van der Waals surface area contributed by atoms with Crippen LogP contribution in [0.4, 0.5) is 5.69 Å². The average Bonchev–Trinajstić information content (AvgIpc) is 2.64. The molecular weight excluding hydrogens is 220 g/mol. The highest BCUT2D eigenvalue weighted by atomic mass is 32.1. The van der Waals surface area contributed by atoms with Gasteiger partial charge in [0.25, 0.3) is 0 Å². The van der Waals surface area contributed by atoms with Crippen molar-refractivity contribution in [2.45, 2.75) is 13.3 Å². The minimum absolute atomic E-state index is 0.674. The van der Waals surface area contributed by atoms with Crippen LogP contribution in [-0.2, 0) is 6.42 Å². The van der Waals surface area contributed by atoms with Gasteiger partial charge in [0, 0.05) is 17.5 Å². The largest absolute Gasteiger partial charge is 0.495 e. The number of thiazole rings is 1. The maximum atomic E-state index is 5.85. The molecule has 84 valence electrons. The van der Waals surface area contributed by atoms with Crippen molar-refractivity contribution in [1.82, 2.24) is 4.98 Å². The van der Waals surface area contributed by atoms with Crippen molar-refractivity contribution in [1.29, 1.82) is 0 Å². The summed E-state index contributed by atoms with van der Waals surface area (Å²) >= 11 is 1.68. The lowest BCUT2D eigenvalue weighted by molar-refractivity contribution is 0.417. The van der Waals surface area contributed by atoms with E-state index >= 15 is 0 Å². The van der Waals surface area contributed by atoms with Crippen LogP contribution in [0.2, 0.25) is 0 Å². The number of methoxy groups -OCH3 is 1. The van der Waals surface area contributed by atoms with Crippen LogP contribution in [0.5, 0.6) is 5.75 Å². The summed E-state index contributed by atoms with van der Waals surface area (Å²) in [7, 11) is 1.62. The van der Waals surface area contributed by atoms with E-state index in [1.807, 2.05) is 25.1 Å². The van der Waals surface area contributed by atoms with Gasteiger partial charge >= 0.3 is 0 Å². The van der Waals surface area contributed by atoms with Crippen LogP contribution in [0.3, 0.4) is 0 Å². The van der Waals surface area contributed by atoms with Gasteiger partial charge in [0.2, 0.25) is 0 Å². The Kier molecular flexibility index (Phi) is 3.10. The Balaban J connectivity index is 2.19. The van der Waals surface area contributed by atoms with Gasteiger partial charge < -0.3 is 10.5 Å². The molecule has 0 radical (unpaired) electrons. The fourth-order valence-corrected chi connectivity index (χ4v) is 2.36. The van der Waals surface area contributed by atoms with Gasteiger partial charge in [-0.05, 0) is 24.6 Å². The second-order valence-corrected chi connectivity index (χ2v) is 4.58. The van der Waals surface area contributed by atoms with Crippen molar-refractivity contribution in [3.63, 3.8) is 0 Å². The summed E-state index contributed by atoms with van der Waals surface area (Å²) in [5.41, 5.74) is 8.75. The van der Waals surface area contributed by atoms with Crippen molar-refractivity contribution in [3.05, 3.63) is 39.8 Å². The highest BCUT2D eigenvalue weighted by Gasteiger charge is 2.04. The fourth-order valence-electron chi connectivity index (χ4n) is 1.55. The molecule has 0 saturated heterocycles. The zero-order chi connectivity index (χ0) is 11.5. The van der Waals surface area contributed by atoms with Crippen LogP contribution in [0.15, 0.2) is 23.6 Å². The van der Waals surface area contributed by atoms with Crippen molar-refractivity contribution < 1.29 is 4.74 Å². The lowest BCUT2D eigenvalue weighted by Gasteiger charge is -2.05. The Labute approximate surface area is 98.9 Å². The van der Waals surface area contributed by atoms with E-state index in [1.165, 1.54) is 0 Å². The third kappa shape index (κ3) is 2.33. The number of rotatable bonds is 3. The number of nitrogens with zero attached hydrogens (tertiary/aromatic N) is 1. The normalized spacial score (nSPS) is 10.4. The third-order valence-electron chi connectivity index (χ3n) is 2.32. The summed E-state index contributed by atoms with van der Waals surface area (Å²) in [5.74, 6) is 0.721. The van der Waals surface area contributed by atoms with E-state index in [-0.39, 0.29) is 0 Å². The molecule has 0 aliphatic rings. The lowest BCUT2D eigenvalue weighted by atomic mass is 10.1. The predicted octanol–water partition coefficient (Wildman–Crippen LogP) is 2.63. The molecule has 0 atom stereocenters. The number of anilines is 1. The van der Waals surface area contributed by atoms with E-state index in [4.69, 9.17) is 10.5 Å². The topological polar surface area (TPSA) is 48.1 Å². The molecule has 1 aromatic carbocycles. The Hall–Kier alpha value is -1.55. The molecular formula is C12H14N2OS. The van der Waals surface area contributed by atoms with Crippen LogP contribution in [-0.4, -0.2) is 12.1 Å². The molecule has 0 saturated carbocycles. The first kappa shape index (κ1) is 11.0. The SMILES string of the molecule is COc1ccc(Cc2nc(C)cs2)cc1N. The average molecular weight is 234 g/mol. The lowest BCUT2D eigenvalue weighted by Crippen LogP contribution is -1.95. The molecule has 0 fully saturated rings. The van der Waals surface area contributed by atoms with E-state index in [9.17, 15) is 0 Å². The maximum Gasteiger partial charge on any atom is 0.141 e. The molecule has 16 heavy (non-hydrogen) atoms. The molecule has 2 N–H and O–H groups in total. The summed E-state index contributed by atoms with van der Waals surface area (Å²) in [6.07, 6.45) is 0.826. The highest BCUT2D eigenvalue weighted by molar-refractivity contribution is 7.09. The number of nitrogen functional groups attached to an aromatic ring is 1. The monoisotopic (exact) mass is 234 g/mol. The molecule has 2 aromatic rings. The Bertz CT molecular complexity index is 494. The van der Waals surface area contributed by atoms with E-state index in [0.29, 0.717) is 5.69 Å². The number of hydrogen-bond donors (Lipinski definition) is 1. The highest BCUT2D eigenvalue weighted by Crippen LogP contribution is 2.24. The summed E-state index contributed by atoms with van der Waals surface area (Å²) in [4.78, 5) is 4.42. The Morgan fingerprint density at radius 1 is 1.44 bits per heavy atom. The van der Waals surface area contributed by atoms with Gasteiger partial charge in [0.05, 0.1) is 17.8 Å². The number of aromatic nitrogens is 1. The van der Waals surface area contributed by atoms with Gasteiger partial charge in [-0.15, -0.1) is 11.3 Å². The Morgan fingerprint density at radius 3 is 2.81 bits per heavy atom. The predicted molar refractivity (Wildman–Crippen MR) is 67.1 cm³/mol. The molecule has 1 aromatic heterocycles. The second kappa shape index (κ2) is 4.53. The van der Waals surface area contributed by atoms with Gasteiger partial charge in [-0.2, -0.15) is 0 Å². The van der Waals surface area contributed by atoms with Crippen molar-refractivity contribution in [2.75, 3.05) is 12.8 Å². The zero-order valence-corrected chi connectivity index (χ0v) is 10.2. The van der Waals surface area contributed by atoms with Gasteiger partial charge in [0.1, 0.15) is 5.75 Å². The van der Waals surface area contributed by atoms with Crippen molar-refractivity contribution >= 4 is 17.0 Å². The number of hydrogen-bond acceptors (Lipinski definition) is 4. The molecule has 2 rings (SSSR count). The molecule has 4 heteroatoms. The summed E-state index contributed by atoms with van der Waals surface area (Å²) in [5, 5.41) is 3.17. The van der Waals surface area contributed by atoms with Crippen LogP contribution in [0.1, 0.15) is 16.3 Å². The first-order valence-electron chi connectivity index (χ1n) is 5.02. The summed E-state index contributed by atoms with van der Waals surface area (Å²) in [6.45, 7) is 2.00. The minimum atomic E-state index is 0.674. The number of benzene rings is 1. The molecule has 0 bridgehead atoms. The molecule has 0 spiro atoms. The third-order valence-corrected chi connectivity index (χ3v) is 3.28. The van der Waals surface area contributed by atoms with Gasteiger partial charge in [-0.25, -0.2) is 4.98 Å². The first-order valence-corrected chi connectivity index (χ1v) is 5.90. The second-order valence-electron chi connectivity index (χ2n) is 3.64. The molecule has 3 nitrogen and oxygen atoms in total. The van der Waals surface area contributed by atoms with Crippen LogP contribution < -0.4 is 10.5 Å². The fraction of sp³-hybridized carbons (Fsp3) is 0.250. The summed E-state index contributed by atoms with van der Waals surface area (Å²) < 4.78 is 5.12.